The minimum atomic E-state index is -3.71. The molecule has 0 saturated heterocycles. The van der Waals surface area contributed by atoms with Gasteiger partial charge in [-0.15, -0.1) is 0 Å². The van der Waals surface area contributed by atoms with Crippen molar-refractivity contribution in [3.8, 4) is 16.9 Å². The van der Waals surface area contributed by atoms with Gasteiger partial charge in [0.25, 0.3) is 0 Å². The van der Waals surface area contributed by atoms with Gasteiger partial charge in [0.15, 0.2) is 0 Å². The van der Waals surface area contributed by atoms with Crippen LogP contribution in [0.5, 0.6) is 5.75 Å². The fourth-order valence-corrected chi connectivity index (χ4v) is 2.23. The predicted octanol–water partition coefficient (Wildman–Crippen LogP) is 2.01. The highest BCUT2D eigenvalue weighted by molar-refractivity contribution is 7.89. The van der Waals surface area contributed by atoms with E-state index in [4.69, 9.17) is 9.88 Å². The molecule has 2 rings (SSSR count). The molecule has 0 aromatic heterocycles. The molecule has 94 valence electrons. The van der Waals surface area contributed by atoms with Gasteiger partial charge in [-0.2, -0.15) is 0 Å². The molecule has 0 heterocycles. The molecule has 2 aromatic carbocycles. The zero-order valence-corrected chi connectivity index (χ0v) is 10.6. The van der Waals surface area contributed by atoms with Crippen LogP contribution >= 0.6 is 0 Å². The minimum Gasteiger partial charge on any atom is -0.496 e. The van der Waals surface area contributed by atoms with E-state index >= 15 is 0 Å². The van der Waals surface area contributed by atoms with Gasteiger partial charge >= 0.3 is 0 Å². The van der Waals surface area contributed by atoms with Gasteiger partial charge < -0.3 is 4.74 Å². The first-order chi connectivity index (χ1) is 8.52. The van der Waals surface area contributed by atoms with Gasteiger partial charge in [0.2, 0.25) is 10.0 Å². The van der Waals surface area contributed by atoms with E-state index in [1.165, 1.54) is 19.2 Å². The summed E-state index contributed by atoms with van der Waals surface area (Å²) >= 11 is 0. The quantitative estimate of drug-likeness (QED) is 0.921. The number of hydrogen-bond acceptors (Lipinski definition) is 3. The molecule has 2 N–H and O–H groups in total. The molecule has 0 aliphatic heterocycles. The number of nitrogens with two attached hydrogens (primary N) is 1. The predicted molar refractivity (Wildman–Crippen MR) is 69.8 cm³/mol. The minimum absolute atomic E-state index is 0.0408. The van der Waals surface area contributed by atoms with Gasteiger partial charge in [0.05, 0.1) is 12.0 Å². The average molecular weight is 263 g/mol. The molecule has 4 nitrogen and oxygen atoms in total. The zero-order valence-electron chi connectivity index (χ0n) is 9.83. The Bertz CT molecular complexity index is 651. The first kappa shape index (κ1) is 12.6. The second-order valence-electron chi connectivity index (χ2n) is 3.77. The average Bonchev–Trinajstić information content (AvgIpc) is 2.38. The lowest BCUT2D eigenvalue weighted by atomic mass is 10.1. The summed E-state index contributed by atoms with van der Waals surface area (Å²) in [5, 5.41) is 5.09. The van der Waals surface area contributed by atoms with E-state index in [9.17, 15) is 8.42 Å². The Morgan fingerprint density at radius 1 is 1.06 bits per heavy atom. The van der Waals surface area contributed by atoms with Crippen LogP contribution in [-0.4, -0.2) is 15.5 Å². The molecule has 0 bridgehead atoms. The lowest BCUT2D eigenvalue weighted by molar-refractivity contribution is 0.415. The van der Waals surface area contributed by atoms with Crippen LogP contribution in [-0.2, 0) is 10.0 Å². The van der Waals surface area contributed by atoms with Crippen LogP contribution in [0.1, 0.15) is 0 Å². The smallest absolute Gasteiger partial charge is 0.238 e. The highest BCUT2D eigenvalue weighted by atomic mass is 32.2. The van der Waals surface area contributed by atoms with Crippen LogP contribution < -0.4 is 9.88 Å². The second-order valence-corrected chi connectivity index (χ2v) is 5.33. The van der Waals surface area contributed by atoms with E-state index < -0.39 is 10.0 Å². The van der Waals surface area contributed by atoms with E-state index in [0.29, 0.717) is 5.75 Å². The van der Waals surface area contributed by atoms with E-state index in [1.807, 2.05) is 30.3 Å². The molecule has 0 atom stereocenters. The Labute approximate surface area is 106 Å². The van der Waals surface area contributed by atoms with E-state index in [2.05, 4.69) is 0 Å². The highest BCUT2D eigenvalue weighted by Crippen LogP contribution is 2.31. The molecular formula is C13H13NO3S. The maximum absolute atomic E-state index is 11.3. The van der Waals surface area contributed by atoms with Gasteiger partial charge in [-0.05, 0) is 17.7 Å². The van der Waals surface area contributed by atoms with E-state index in [-0.39, 0.29) is 4.90 Å². The topological polar surface area (TPSA) is 69.4 Å². The summed E-state index contributed by atoms with van der Waals surface area (Å²) in [6.45, 7) is 0. The van der Waals surface area contributed by atoms with Crippen molar-refractivity contribution in [1.82, 2.24) is 0 Å². The van der Waals surface area contributed by atoms with Crippen molar-refractivity contribution in [2.45, 2.75) is 4.90 Å². The van der Waals surface area contributed by atoms with Crippen LogP contribution in [0.3, 0.4) is 0 Å². The summed E-state index contributed by atoms with van der Waals surface area (Å²) in [5.41, 5.74) is 1.78. The molecule has 0 amide bonds. The molecule has 0 radical (unpaired) electrons. The van der Waals surface area contributed by atoms with Crippen molar-refractivity contribution in [3.63, 3.8) is 0 Å². The van der Waals surface area contributed by atoms with Crippen LogP contribution in [0.2, 0.25) is 0 Å². The molecule has 2 aromatic rings. The first-order valence-corrected chi connectivity index (χ1v) is 6.83. The standard InChI is InChI=1S/C13H13NO3S/c1-17-13-9-11(18(14,15)16)7-8-12(13)10-5-3-2-4-6-10/h2-9H,1H3,(H2,14,15,16). The van der Waals surface area contributed by atoms with Gasteiger partial charge in [0, 0.05) is 11.6 Å². The largest absolute Gasteiger partial charge is 0.496 e. The number of rotatable bonds is 3. The zero-order chi connectivity index (χ0) is 13.2. The van der Waals surface area contributed by atoms with Gasteiger partial charge in [0.1, 0.15) is 5.75 Å². The Kier molecular flexibility index (Phi) is 3.36. The summed E-state index contributed by atoms with van der Waals surface area (Å²) in [5.74, 6) is 0.479. The Morgan fingerprint density at radius 2 is 1.72 bits per heavy atom. The number of hydrogen-bond donors (Lipinski definition) is 1. The summed E-state index contributed by atoms with van der Waals surface area (Å²) < 4.78 is 27.8. The van der Waals surface area contributed by atoms with Crippen LogP contribution in [0.25, 0.3) is 11.1 Å². The first-order valence-electron chi connectivity index (χ1n) is 5.28. The van der Waals surface area contributed by atoms with Crippen molar-refractivity contribution in [2.24, 2.45) is 5.14 Å². The SMILES string of the molecule is COc1cc(S(N)(=O)=O)ccc1-c1ccccc1. The van der Waals surface area contributed by atoms with Crippen molar-refractivity contribution in [2.75, 3.05) is 7.11 Å². The molecule has 0 spiro atoms. The molecule has 0 saturated carbocycles. The third-order valence-electron chi connectivity index (χ3n) is 2.59. The second kappa shape index (κ2) is 4.80. The molecule has 0 aliphatic rings. The maximum atomic E-state index is 11.3. The number of sulfonamides is 1. The van der Waals surface area contributed by atoms with E-state index in [1.54, 1.807) is 6.07 Å². The van der Waals surface area contributed by atoms with Crippen molar-refractivity contribution in [1.29, 1.82) is 0 Å². The molecule has 5 heteroatoms. The summed E-state index contributed by atoms with van der Waals surface area (Å²) in [6.07, 6.45) is 0. The lowest BCUT2D eigenvalue weighted by Crippen LogP contribution is -2.12. The molecule has 0 fully saturated rings. The van der Waals surface area contributed by atoms with Gasteiger partial charge in [-0.25, -0.2) is 13.6 Å². The molecule has 0 unspecified atom stereocenters. The van der Waals surface area contributed by atoms with Crippen LogP contribution in [0, 0.1) is 0 Å². The normalized spacial score (nSPS) is 11.2. The highest BCUT2D eigenvalue weighted by Gasteiger charge is 2.12. The number of benzene rings is 2. The fourth-order valence-electron chi connectivity index (χ4n) is 1.70. The number of methoxy groups -OCH3 is 1. The number of ether oxygens (including phenoxy) is 1. The van der Waals surface area contributed by atoms with Crippen LogP contribution in [0.4, 0.5) is 0 Å². The van der Waals surface area contributed by atoms with Crippen molar-refractivity contribution in [3.05, 3.63) is 48.5 Å². The van der Waals surface area contributed by atoms with E-state index in [0.717, 1.165) is 11.1 Å². The molecular weight excluding hydrogens is 250 g/mol. The van der Waals surface area contributed by atoms with Gasteiger partial charge in [-0.3, -0.25) is 0 Å². The van der Waals surface area contributed by atoms with Crippen LogP contribution in [0.15, 0.2) is 53.4 Å². The third kappa shape index (κ3) is 2.52. The molecule has 18 heavy (non-hydrogen) atoms. The van der Waals surface area contributed by atoms with Crippen molar-refractivity contribution < 1.29 is 13.2 Å². The fraction of sp³-hybridized carbons (Fsp3) is 0.0769. The summed E-state index contributed by atoms with van der Waals surface area (Å²) in [4.78, 5) is 0.0408. The Balaban J connectivity index is 2.58. The third-order valence-corrected chi connectivity index (χ3v) is 3.50. The lowest BCUT2D eigenvalue weighted by Gasteiger charge is -2.10. The monoisotopic (exact) mass is 263 g/mol. The maximum Gasteiger partial charge on any atom is 0.238 e. The summed E-state index contributed by atoms with van der Waals surface area (Å²) in [7, 11) is -2.22. The number of primary sulfonamides is 1. The Morgan fingerprint density at radius 3 is 2.28 bits per heavy atom. The molecule has 0 aliphatic carbocycles. The summed E-state index contributed by atoms with van der Waals surface area (Å²) in [6, 6.07) is 14.2. The van der Waals surface area contributed by atoms with Gasteiger partial charge in [-0.1, -0.05) is 30.3 Å². The Hall–Kier alpha value is -1.85. The van der Waals surface area contributed by atoms with Crippen molar-refractivity contribution >= 4 is 10.0 Å².